The van der Waals surface area contributed by atoms with Crippen LogP contribution in [0.25, 0.3) is 16.9 Å². The van der Waals surface area contributed by atoms with E-state index in [0.29, 0.717) is 28.3 Å². The number of nitrogens with zero attached hydrogens (tertiary/aromatic N) is 4. The van der Waals surface area contributed by atoms with Crippen LogP contribution in [0.5, 0.6) is 0 Å². The number of carbonyl (C=O) groups excluding carboxylic acids is 1. The molecule has 9 heteroatoms. The van der Waals surface area contributed by atoms with E-state index in [-0.39, 0.29) is 12.6 Å². The maximum Gasteiger partial charge on any atom is 0.255 e. The van der Waals surface area contributed by atoms with Crippen molar-refractivity contribution in [1.82, 2.24) is 19.9 Å². The van der Waals surface area contributed by atoms with Crippen molar-refractivity contribution in [2.45, 2.75) is 57.3 Å². The molecule has 172 valence electrons. The number of hydrogen-bond acceptors (Lipinski definition) is 6. The SMILES string of the molecule is CC(C)(O)C(F)CNC(=O)c1cnc(-n2ccc3cc(C#N)cnc32)cc1NC1CCCC1. The summed E-state index contributed by atoms with van der Waals surface area (Å²) in [6.45, 7) is 2.42. The summed E-state index contributed by atoms with van der Waals surface area (Å²) >= 11 is 0. The molecule has 3 N–H and O–H groups in total. The lowest BCUT2D eigenvalue weighted by atomic mass is 10.0. The number of rotatable bonds is 7. The first-order valence-electron chi connectivity index (χ1n) is 11.0. The molecular weight excluding hydrogens is 423 g/mol. The smallest absolute Gasteiger partial charge is 0.255 e. The number of alkyl halides is 1. The van der Waals surface area contributed by atoms with Gasteiger partial charge < -0.3 is 15.7 Å². The second-order valence-corrected chi connectivity index (χ2v) is 8.98. The number of pyridine rings is 2. The molecule has 1 fully saturated rings. The molecule has 4 rings (SSSR count). The van der Waals surface area contributed by atoms with Crippen LogP contribution in [0.3, 0.4) is 0 Å². The largest absolute Gasteiger partial charge is 0.387 e. The fraction of sp³-hybridized carbons (Fsp3) is 0.417. The molecule has 8 nitrogen and oxygen atoms in total. The van der Waals surface area contributed by atoms with Crippen molar-refractivity contribution in [1.29, 1.82) is 5.26 Å². The fourth-order valence-electron chi connectivity index (χ4n) is 3.96. The third-order valence-corrected chi connectivity index (χ3v) is 5.96. The van der Waals surface area contributed by atoms with Crippen LogP contribution in [0, 0.1) is 11.3 Å². The molecule has 3 aromatic heterocycles. The van der Waals surface area contributed by atoms with Crippen molar-refractivity contribution in [2.75, 3.05) is 11.9 Å². The van der Waals surface area contributed by atoms with Crippen molar-refractivity contribution in [3.8, 4) is 11.9 Å². The van der Waals surface area contributed by atoms with Crippen LogP contribution < -0.4 is 10.6 Å². The molecule has 1 aliphatic carbocycles. The maximum absolute atomic E-state index is 14.1. The van der Waals surface area contributed by atoms with E-state index in [0.717, 1.165) is 31.1 Å². The van der Waals surface area contributed by atoms with Crippen LogP contribution in [0.1, 0.15) is 55.5 Å². The van der Waals surface area contributed by atoms with Gasteiger partial charge >= 0.3 is 0 Å². The van der Waals surface area contributed by atoms with Crippen molar-refractivity contribution >= 4 is 22.6 Å². The quantitative estimate of drug-likeness (QED) is 0.508. The summed E-state index contributed by atoms with van der Waals surface area (Å²) in [7, 11) is 0. The van der Waals surface area contributed by atoms with Crippen LogP contribution in [-0.4, -0.2) is 49.9 Å². The first kappa shape index (κ1) is 22.7. The third-order valence-electron chi connectivity index (χ3n) is 5.96. The Kier molecular flexibility index (Phi) is 6.29. The lowest BCUT2D eigenvalue weighted by Crippen LogP contribution is -2.42. The molecule has 1 aliphatic rings. The predicted molar refractivity (Wildman–Crippen MR) is 123 cm³/mol. The highest BCUT2D eigenvalue weighted by Gasteiger charge is 2.27. The average Bonchev–Trinajstić information content (AvgIpc) is 3.45. The molecule has 3 heterocycles. The predicted octanol–water partition coefficient (Wildman–Crippen LogP) is 3.49. The molecule has 0 aliphatic heterocycles. The van der Waals surface area contributed by atoms with E-state index in [9.17, 15) is 14.3 Å². The lowest BCUT2D eigenvalue weighted by Gasteiger charge is -2.23. The minimum Gasteiger partial charge on any atom is -0.387 e. The molecule has 1 amide bonds. The number of nitriles is 1. The molecule has 1 atom stereocenters. The molecule has 0 aromatic carbocycles. The van der Waals surface area contributed by atoms with Gasteiger partial charge in [-0.3, -0.25) is 9.36 Å². The zero-order chi connectivity index (χ0) is 23.6. The van der Waals surface area contributed by atoms with Gasteiger partial charge in [0.15, 0.2) is 0 Å². The number of nitrogens with one attached hydrogen (secondary N) is 2. The number of fused-ring (bicyclic) bond motifs is 1. The maximum atomic E-state index is 14.1. The minimum atomic E-state index is -1.60. The number of hydrogen-bond donors (Lipinski definition) is 3. The standard InChI is InChI=1S/C24H27FN6O2/c1-24(2,33)20(25)14-29-23(32)18-13-27-21(10-19(18)30-17-5-3-4-6-17)31-8-7-16-9-15(11-26)12-28-22(16)31/h7-10,12-13,17,20,33H,3-6,14H2,1-2H3,(H,27,30)(H,29,32). The van der Waals surface area contributed by atoms with E-state index in [1.807, 2.05) is 12.3 Å². The number of carbonyl (C=O) groups is 1. The fourth-order valence-corrected chi connectivity index (χ4v) is 3.96. The topological polar surface area (TPSA) is 116 Å². The summed E-state index contributed by atoms with van der Waals surface area (Å²) in [5, 5.41) is 25.7. The highest BCUT2D eigenvalue weighted by molar-refractivity contribution is 5.99. The summed E-state index contributed by atoms with van der Waals surface area (Å²) in [4.78, 5) is 21.7. The van der Waals surface area contributed by atoms with Gasteiger partial charge in [0.2, 0.25) is 0 Å². The molecule has 1 unspecified atom stereocenters. The van der Waals surface area contributed by atoms with Crippen LogP contribution in [0.4, 0.5) is 10.1 Å². The highest BCUT2D eigenvalue weighted by Crippen LogP contribution is 2.27. The van der Waals surface area contributed by atoms with Gasteiger partial charge in [-0.05, 0) is 38.8 Å². The van der Waals surface area contributed by atoms with Gasteiger partial charge in [0, 0.05) is 36.1 Å². The van der Waals surface area contributed by atoms with Crippen molar-refractivity contribution in [3.05, 3.63) is 47.9 Å². The van der Waals surface area contributed by atoms with Crippen LogP contribution >= 0.6 is 0 Å². The van der Waals surface area contributed by atoms with E-state index in [2.05, 4.69) is 26.7 Å². The number of amides is 1. The van der Waals surface area contributed by atoms with Gasteiger partial charge in [0.05, 0.1) is 29.0 Å². The Bertz CT molecular complexity index is 1200. The number of anilines is 1. The Balaban J connectivity index is 1.65. The third kappa shape index (κ3) is 4.96. The van der Waals surface area contributed by atoms with Gasteiger partial charge in [-0.25, -0.2) is 14.4 Å². The van der Waals surface area contributed by atoms with Crippen LogP contribution in [0.2, 0.25) is 0 Å². The summed E-state index contributed by atoms with van der Waals surface area (Å²) in [5.74, 6) is 0.106. The zero-order valence-electron chi connectivity index (χ0n) is 18.7. The molecule has 1 saturated carbocycles. The summed E-state index contributed by atoms with van der Waals surface area (Å²) in [6.07, 6.45) is 7.46. The van der Waals surface area contributed by atoms with Crippen LogP contribution in [-0.2, 0) is 0 Å². The molecule has 0 bridgehead atoms. The van der Waals surface area contributed by atoms with Crippen molar-refractivity contribution in [2.24, 2.45) is 0 Å². The summed E-state index contributed by atoms with van der Waals surface area (Å²) in [5.41, 5.74) is 0.495. The number of aromatic nitrogens is 3. The Hall–Kier alpha value is -3.51. The zero-order valence-corrected chi connectivity index (χ0v) is 18.7. The van der Waals surface area contributed by atoms with Crippen molar-refractivity contribution in [3.63, 3.8) is 0 Å². The number of halogens is 1. The van der Waals surface area contributed by atoms with Gasteiger partial charge in [0.25, 0.3) is 5.91 Å². The van der Waals surface area contributed by atoms with Gasteiger partial charge in [-0.2, -0.15) is 5.26 Å². The molecule has 0 radical (unpaired) electrons. The second kappa shape index (κ2) is 9.16. The average molecular weight is 451 g/mol. The minimum absolute atomic E-state index is 0.245. The lowest BCUT2D eigenvalue weighted by molar-refractivity contribution is -0.00177. The summed E-state index contributed by atoms with van der Waals surface area (Å²) in [6, 6.07) is 7.73. The Labute approximate surface area is 191 Å². The number of aliphatic hydroxyl groups is 1. The van der Waals surface area contributed by atoms with Crippen molar-refractivity contribution < 1.29 is 14.3 Å². The Morgan fingerprint density at radius 2 is 2.09 bits per heavy atom. The van der Waals surface area contributed by atoms with Gasteiger partial charge in [0.1, 0.15) is 23.7 Å². The molecule has 33 heavy (non-hydrogen) atoms. The second-order valence-electron chi connectivity index (χ2n) is 8.98. The van der Waals surface area contributed by atoms with E-state index in [1.165, 1.54) is 26.2 Å². The van der Waals surface area contributed by atoms with Gasteiger partial charge in [-0.1, -0.05) is 12.8 Å². The molecular formula is C24H27FN6O2. The molecule has 0 spiro atoms. The van der Waals surface area contributed by atoms with Crippen LogP contribution in [0.15, 0.2) is 36.8 Å². The summed E-state index contributed by atoms with van der Waals surface area (Å²) < 4.78 is 15.9. The van der Waals surface area contributed by atoms with E-state index in [1.54, 1.807) is 16.7 Å². The Morgan fingerprint density at radius 3 is 2.79 bits per heavy atom. The first-order chi connectivity index (χ1) is 15.8. The van der Waals surface area contributed by atoms with E-state index >= 15 is 0 Å². The van der Waals surface area contributed by atoms with E-state index in [4.69, 9.17) is 5.26 Å². The molecule has 3 aromatic rings. The van der Waals surface area contributed by atoms with Gasteiger partial charge in [-0.15, -0.1) is 0 Å². The normalized spacial score (nSPS) is 15.4. The molecule has 0 saturated heterocycles. The monoisotopic (exact) mass is 450 g/mol. The Morgan fingerprint density at radius 1 is 1.33 bits per heavy atom. The first-order valence-corrected chi connectivity index (χ1v) is 11.0. The highest BCUT2D eigenvalue weighted by atomic mass is 19.1. The van der Waals surface area contributed by atoms with E-state index < -0.39 is 17.7 Å².